The molecule has 0 fully saturated rings. The normalized spacial score (nSPS) is 11.2. The monoisotopic (exact) mass is 241 g/mol. The summed E-state index contributed by atoms with van der Waals surface area (Å²) in [4.78, 5) is 11.4. The average Bonchev–Trinajstić information content (AvgIpc) is 2.23. The lowest BCUT2D eigenvalue weighted by atomic mass is 10.2. The fraction of sp³-hybridized carbons (Fsp3) is 0.200. The third-order valence-corrected chi connectivity index (χ3v) is 2.18. The van der Waals surface area contributed by atoms with Crippen molar-refractivity contribution >= 4 is 29.0 Å². The Morgan fingerprint density at radius 3 is 2.94 bits per heavy atom. The Balaban J connectivity index is 2.73. The molecular weight excluding hydrogens is 230 g/mol. The summed E-state index contributed by atoms with van der Waals surface area (Å²) in [5, 5.41) is 14.2. The summed E-state index contributed by atoms with van der Waals surface area (Å²) in [6, 6.07) is 5.17. The molecule has 1 aromatic carbocycles. The maximum atomic E-state index is 11.4. The summed E-state index contributed by atoms with van der Waals surface area (Å²) in [5.74, 6) is -0.502. The van der Waals surface area contributed by atoms with Gasteiger partial charge < -0.3 is 16.3 Å². The number of hydrogen-bond donors (Lipinski definition) is 3. The molecule has 4 N–H and O–H groups in total. The van der Waals surface area contributed by atoms with Crippen molar-refractivity contribution in [3.63, 3.8) is 0 Å². The van der Waals surface area contributed by atoms with Crippen LogP contribution in [0.25, 0.3) is 0 Å². The van der Waals surface area contributed by atoms with Crippen LogP contribution in [0.2, 0.25) is 5.02 Å². The van der Waals surface area contributed by atoms with Crippen molar-refractivity contribution in [1.29, 1.82) is 0 Å². The summed E-state index contributed by atoms with van der Waals surface area (Å²) in [6.07, 6.45) is -0.164. The van der Waals surface area contributed by atoms with Gasteiger partial charge in [0, 0.05) is 10.7 Å². The molecule has 0 unspecified atom stereocenters. The van der Waals surface area contributed by atoms with E-state index in [1.165, 1.54) is 0 Å². The summed E-state index contributed by atoms with van der Waals surface area (Å²) in [5.41, 5.74) is 6.71. The van der Waals surface area contributed by atoms with E-state index in [-0.39, 0.29) is 18.2 Å². The Hall–Kier alpha value is -1.75. The van der Waals surface area contributed by atoms with Gasteiger partial charge in [-0.05, 0) is 24.6 Å². The highest BCUT2D eigenvalue weighted by Gasteiger charge is 2.07. The van der Waals surface area contributed by atoms with E-state index in [0.29, 0.717) is 10.7 Å². The van der Waals surface area contributed by atoms with Gasteiger partial charge in [-0.15, -0.1) is 0 Å². The highest BCUT2D eigenvalue weighted by Crippen LogP contribution is 2.20. The number of aryl methyl sites for hydroxylation is 1. The van der Waals surface area contributed by atoms with Crippen LogP contribution in [0.5, 0.6) is 0 Å². The van der Waals surface area contributed by atoms with E-state index in [1.807, 2.05) is 6.92 Å². The summed E-state index contributed by atoms with van der Waals surface area (Å²) in [7, 11) is 0. The van der Waals surface area contributed by atoms with E-state index in [0.717, 1.165) is 5.56 Å². The molecule has 16 heavy (non-hydrogen) atoms. The van der Waals surface area contributed by atoms with Crippen molar-refractivity contribution in [2.45, 2.75) is 13.3 Å². The lowest BCUT2D eigenvalue weighted by Crippen LogP contribution is -2.22. The number of nitrogens with zero attached hydrogens (tertiary/aromatic N) is 1. The van der Waals surface area contributed by atoms with Gasteiger partial charge in [0.25, 0.3) is 0 Å². The number of carbonyl (C=O) groups is 1. The molecule has 0 aliphatic carbocycles. The van der Waals surface area contributed by atoms with Crippen LogP contribution in [0.1, 0.15) is 12.0 Å². The number of amidine groups is 1. The molecule has 1 amide bonds. The quantitative estimate of drug-likeness (QED) is 0.326. The van der Waals surface area contributed by atoms with Gasteiger partial charge in [0.15, 0.2) is 0 Å². The van der Waals surface area contributed by atoms with E-state index < -0.39 is 0 Å². The second-order valence-corrected chi connectivity index (χ2v) is 3.71. The van der Waals surface area contributed by atoms with E-state index >= 15 is 0 Å². The molecular formula is C10H12ClN3O2. The zero-order valence-electron chi connectivity index (χ0n) is 8.70. The van der Waals surface area contributed by atoms with Crippen LogP contribution in [0.3, 0.4) is 0 Å². The molecule has 0 aliphatic heterocycles. The van der Waals surface area contributed by atoms with Gasteiger partial charge >= 0.3 is 0 Å². The zero-order chi connectivity index (χ0) is 12.1. The second kappa shape index (κ2) is 5.37. The first-order valence-electron chi connectivity index (χ1n) is 4.55. The minimum Gasteiger partial charge on any atom is -0.409 e. The standard InChI is InChI=1S/C10H12ClN3O2/c1-6-2-3-7(11)4-8(6)13-10(15)5-9(12)14-16/h2-4,16H,5H2,1H3,(H2,12,14)(H,13,15). The number of halogens is 1. The molecule has 1 rings (SSSR count). The zero-order valence-corrected chi connectivity index (χ0v) is 9.45. The number of carbonyl (C=O) groups excluding carboxylic acids is 1. The predicted molar refractivity (Wildman–Crippen MR) is 62.8 cm³/mol. The fourth-order valence-corrected chi connectivity index (χ4v) is 1.30. The van der Waals surface area contributed by atoms with Crippen molar-refractivity contribution < 1.29 is 10.0 Å². The van der Waals surface area contributed by atoms with Crippen molar-refractivity contribution in [1.82, 2.24) is 0 Å². The first-order chi connectivity index (χ1) is 7.52. The van der Waals surface area contributed by atoms with Crippen molar-refractivity contribution in [3.8, 4) is 0 Å². The molecule has 1 aromatic rings. The molecule has 0 bridgehead atoms. The largest absolute Gasteiger partial charge is 0.409 e. The van der Waals surface area contributed by atoms with Gasteiger partial charge in [0.05, 0.1) is 6.42 Å². The van der Waals surface area contributed by atoms with Crippen LogP contribution >= 0.6 is 11.6 Å². The Bertz CT molecular complexity index is 432. The van der Waals surface area contributed by atoms with Gasteiger partial charge in [-0.1, -0.05) is 22.8 Å². The minimum absolute atomic E-state index is 0.141. The van der Waals surface area contributed by atoms with Crippen LogP contribution < -0.4 is 11.1 Å². The first-order valence-corrected chi connectivity index (χ1v) is 4.93. The number of rotatable bonds is 3. The lowest BCUT2D eigenvalue weighted by molar-refractivity contribution is -0.115. The molecule has 0 atom stereocenters. The topological polar surface area (TPSA) is 87.7 Å². The Morgan fingerprint density at radius 2 is 2.31 bits per heavy atom. The third kappa shape index (κ3) is 3.43. The summed E-state index contributed by atoms with van der Waals surface area (Å²) < 4.78 is 0. The van der Waals surface area contributed by atoms with Crippen molar-refractivity contribution in [2.24, 2.45) is 10.9 Å². The van der Waals surface area contributed by atoms with Crippen LogP contribution in [-0.4, -0.2) is 17.0 Å². The van der Waals surface area contributed by atoms with E-state index in [1.54, 1.807) is 18.2 Å². The lowest BCUT2D eigenvalue weighted by Gasteiger charge is -2.08. The molecule has 0 spiro atoms. The maximum absolute atomic E-state index is 11.4. The number of amides is 1. The molecule has 0 heterocycles. The minimum atomic E-state index is -0.360. The second-order valence-electron chi connectivity index (χ2n) is 3.28. The van der Waals surface area contributed by atoms with Crippen molar-refractivity contribution in [3.05, 3.63) is 28.8 Å². The number of nitrogens with two attached hydrogens (primary N) is 1. The van der Waals surface area contributed by atoms with Gasteiger partial charge in [0.1, 0.15) is 5.84 Å². The first kappa shape index (κ1) is 12.3. The van der Waals surface area contributed by atoms with Gasteiger partial charge in [0.2, 0.25) is 5.91 Å². The Kier molecular flexibility index (Phi) is 4.13. The molecule has 0 saturated heterocycles. The molecule has 5 nitrogen and oxygen atoms in total. The Labute approximate surface area is 97.9 Å². The summed E-state index contributed by atoms with van der Waals surface area (Å²) in [6.45, 7) is 1.84. The highest BCUT2D eigenvalue weighted by atomic mass is 35.5. The highest BCUT2D eigenvalue weighted by molar-refractivity contribution is 6.31. The molecule has 6 heteroatoms. The van der Waals surface area contributed by atoms with Crippen LogP contribution in [-0.2, 0) is 4.79 Å². The van der Waals surface area contributed by atoms with E-state index in [9.17, 15) is 4.79 Å². The predicted octanol–water partition coefficient (Wildman–Crippen LogP) is 1.72. The number of benzene rings is 1. The third-order valence-electron chi connectivity index (χ3n) is 1.94. The van der Waals surface area contributed by atoms with Crippen molar-refractivity contribution in [2.75, 3.05) is 5.32 Å². The van der Waals surface area contributed by atoms with E-state index in [4.69, 9.17) is 22.5 Å². The molecule has 0 aliphatic rings. The molecule has 0 radical (unpaired) electrons. The van der Waals surface area contributed by atoms with Crippen LogP contribution in [0, 0.1) is 6.92 Å². The van der Waals surface area contributed by atoms with Crippen LogP contribution in [0.15, 0.2) is 23.4 Å². The molecule has 86 valence electrons. The number of anilines is 1. The maximum Gasteiger partial charge on any atom is 0.232 e. The fourth-order valence-electron chi connectivity index (χ4n) is 1.12. The smallest absolute Gasteiger partial charge is 0.232 e. The average molecular weight is 242 g/mol. The molecule has 0 saturated carbocycles. The SMILES string of the molecule is Cc1ccc(Cl)cc1NC(=O)CC(N)=NO. The number of nitrogens with one attached hydrogen (secondary N) is 1. The number of oxime groups is 1. The van der Waals surface area contributed by atoms with Gasteiger partial charge in [-0.2, -0.15) is 0 Å². The van der Waals surface area contributed by atoms with Crippen LogP contribution in [0.4, 0.5) is 5.69 Å². The number of hydrogen-bond acceptors (Lipinski definition) is 3. The Morgan fingerprint density at radius 1 is 1.62 bits per heavy atom. The van der Waals surface area contributed by atoms with Gasteiger partial charge in [-0.3, -0.25) is 4.79 Å². The molecule has 0 aromatic heterocycles. The summed E-state index contributed by atoms with van der Waals surface area (Å²) >= 11 is 5.79. The van der Waals surface area contributed by atoms with Gasteiger partial charge in [-0.25, -0.2) is 0 Å². The van der Waals surface area contributed by atoms with E-state index in [2.05, 4.69) is 10.5 Å².